The zero-order valence-corrected chi connectivity index (χ0v) is 11.5. The van der Waals surface area contributed by atoms with E-state index in [4.69, 9.17) is 16.3 Å². The van der Waals surface area contributed by atoms with Gasteiger partial charge < -0.3 is 15.2 Å². The Balaban J connectivity index is 2.17. The molecule has 2 rings (SSSR count). The standard InChI is InChI=1S/C13H17ClN2O3/c1-2-19-13(18)10-7-15-12(14)6-11(10)16-8-3-4-9(17)5-8/h6-9,17H,2-5H2,1H3,(H,15,16)/t8-,9?/m0/s1. The van der Waals surface area contributed by atoms with E-state index in [1.54, 1.807) is 13.0 Å². The van der Waals surface area contributed by atoms with E-state index in [9.17, 15) is 9.90 Å². The van der Waals surface area contributed by atoms with Gasteiger partial charge in [0, 0.05) is 12.2 Å². The zero-order valence-electron chi connectivity index (χ0n) is 10.7. The van der Waals surface area contributed by atoms with Gasteiger partial charge in [-0.1, -0.05) is 11.6 Å². The summed E-state index contributed by atoms with van der Waals surface area (Å²) in [5, 5.41) is 13.1. The minimum Gasteiger partial charge on any atom is -0.462 e. The first-order valence-corrected chi connectivity index (χ1v) is 6.75. The molecule has 1 heterocycles. The molecule has 0 bridgehead atoms. The second-order valence-corrected chi connectivity index (χ2v) is 4.97. The number of pyridine rings is 1. The number of ether oxygens (including phenoxy) is 1. The van der Waals surface area contributed by atoms with Crippen LogP contribution in [0.2, 0.25) is 5.15 Å². The lowest BCUT2D eigenvalue weighted by atomic mass is 10.2. The van der Waals surface area contributed by atoms with Crippen molar-refractivity contribution < 1.29 is 14.6 Å². The predicted octanol–water partition coefficient (Wildman–Crippen LogP) is 2.24. The highest BCUT2D eigenvalue weighted by Gasteiger charge is 2.24. The molecule has 0 aliphatic heterocycles. The summed E-state index contributed by atoms with van der Waals surface area (Å²) in [4.78, 5) is 15.7. The molecule has 1 unspecified atom stereocenters. The highest BCUT2D eigenvalue weighted by atomic mass is 35.5. The molecule has 19 heavy (non-hydrogen) atoms. The molecular weight excluding hydrogens is 268 g/mol. The number of nitrogens with zero attached hydrogens (tertiary/aromatic N) is 1. The van der Waals surface area contributed by atoms with Crippen LogP contribution in [0.25, 0.3) is 0 Å². The Bertz CT molecular complexity index is 467. The Morgan fingerprint density at radius 1 is 1.63 bits per heavy atom. The third kappa shape index (κ3) is 3.58. The molecule has 1 aromatic rings. The van der Waals surface area contributed by atoms with E-state index >= 15 is 0 Å². The third-order valence-electron chi connectivity index (χ3n) is 3.13. The van der Waals surface area contributed by atoms with Gasteiger partial charge >= 0.3 is 5.97 Å². The molecule has 0 aromatic carbocycles. The maximum atomic E-state index is 11.8. The van der Waals surface area contributed by atoms with E-state index in [1.165, 1.54) is 6.20 Å². The van der Waals surface area contributed by atoms with Gasteiger partial charge in [0.05, 0.1) is 18.4 Å². The van der Waals surface area contributed by atoms with Crippen LogP contribution >= 0.6 is 11.6 Å². The smallest absolute Gasteiger partial charge is 0.341 e. The molecule has 1 fully saturated rings. The van der Waals surface area contributed by atoms with Crippen molar-refractivity contribution in [2.75, 3.05) is 11.9 Å². The van der Waals surface area contributed by atoms with E-state index in [2.05, 4.69) is 10.3 Å². The molecule has 1 aliphatic carbocycles. The van der Waals surface area contributed by atoms with Crippen molar-refractivity contribution in [3.05, 3.63) is 23.0 Å². The summed E-state index contributed by atoms with van der Waals surface area (Å²) in [5.41, 5.74) is 0.977. The van der Waals surface area contributed by atoms with Crippen LogP contribution < -0.4 is 5.32 Å². The lowest BCUT2D eigenvalue weighted by Crippen LogP contribution is -2.19. The number of carbonyl (C=O) groups excluding carboxylic acids is 1. The summed E-state index contributed by atoms with van der Waals surface area (Å²) in [6, 6.07) is 1.75. The van der Waals surface area contributed by atoms with Crippen LogP contribution in [0.5, 0.6) is 0 Å². The van der Waals surface area contributed by atoms with Crippen molar-refractivity contribution in [1.82, 2.24) is 4.98 Å². The summed E-state index contributed by atoms with van der Waals surface area (Å²) < 4.78 is 4.98. The molecule has 1 aromatic heterocycles. The van der Waals surface area contributed by atoms with E-state index in [0.717, 1.165) is 12.8 Å². The van der Waals surface area contributed by atoms with E-state index in [1.807, 2.05) is 0 Å². The minimum absolute atomic E-state index is 0.140. The highest BCUT2D eigenvalue weighted by Crippen LogP contribution is 2.26. The van der Waals surface area contributed by atoms with Crippen LogP contribution in [0.3, 0.4) is 0 Å². The predicted molar refractivity (Wildman–Crippen MR) is 72.5 cm³/mol. The molecule has 0 amide bonds. The lowest BCUT2D eigenvalue weighted by molar-refractivity contribution is 0.0527. The number of aliphatic hydroxyl groups is 1. The van der Waals surface area contributed by atoms with Crippen LogP contribution in [0, 0.1) is 0 Å². The van der Waals surface area contributed by atoms with Crippen molar-refractivity contribution in [2.45, 2.75) is 38.3 Å². The first-order chi connectivity index (χ1) is 9.10. The molecule has 6 heteroatoms. The van der Waals surface area contributed by atoms with Gasteiger partial charge in [-0.05, 0) is 32.3 Å². The summed E-state index contributed by atoms with van der Waals surface area (Å²) >= 11 is 5.86. The van der Waals surface area contributed by atoms with Crippen LogP contribution in [0.4, 0.5) is 5.69 Å². The summed E-state index contributed by atoms with van der Waals surface area (Å²) in [6.45, 7) is 2.06. The van der Waals surface area contributed by atoms with Gasteiger partial charge in [0.15, 0.2) is 0 Å². The van der Waals surface area contributed by atoms with Gasteiger partial charge in [-0.25, -0.2) is 9.78 Å². The average Bonchev–Trinajstić information content (AvgIpc) is 2.75. The Hall–Kier alpha value is -1.33. The number of aromatic nitrogens is 1. The normalized spacial score (nSPS) is 22.3. The first kappa shape index (κ1) is 14.1. The topological polar surface area (TPSA) is 71.5 Å². The van der Waals surface area contributed by atoms with Gasteiger partial charge in [0.2, 0.25) is 0 Å². The van der Waals surface area contributed by atoms with E-state index < -0.39 is 5.97 Å². The maximum absolute atomic E-state index is 11.8. The Morgan fingerprint density at radius 2 is 2.42 bits per heavy atom. The molecule has 2 atom stereocenters. The van der Waals surface area contributed by atoms with E-state index in [-0.39, 0.29) is 12.1 Å². The van der Waals surface area contributed by atoms with Crippen LogP contribution in [-0.4, -0.2) is 34.8 Å². The van der Waals surface area contributed by atoms with Crippen LogP contribution in [0.1, 0.15) is 36.5 Å². The fraction of sp³-hybridized carbons (Fsp3) is 0.538. The Labute approximate surface area is 116 Å². The molecule has 2 N–H and O–H groups in total. The molecule has 0 spiro atoms. The number of carbonyl (C=O) groups is 1. The molecule has 1 aliphatic rings. The largest absolute Gasteiger partial charge is 0.462 e. The van der Waals surface area contributed by atoms with Gasteiger partial charge in [-0.2, -0.15) is 0 Å². The quantitative estimate of drug-likeness (QED) is 0.655. The van der Waals surface area contributed by atoms with Gasteiger partial charge in [0.1, 0.15) is 10.7 Å². The molecule has 0 saturated heterocycles. The van der Waals surface area contributed by atoms with Crippen LogP contribution in [-0.2, 0) is 4.74 Å². The molecule has 104 valence electrons. The summed E-state index contributed by atoms with van der Waals surface area (Å²) in [6.07, 6.45) is 3.44. The number of rotatable bonds is 4. The maximum Gasteiger partial charge on any atom is 0.341 e. The number of hydrogen-bond donors (Lipinski definition) is 2. The van der Waals surface area contributed by atoms with Crippen LogP contribution in [0.15, 0.2) is 12.3 Å². The third-order valence-corrected chi connectivity index (χ3v) is 3.34. The second kappa shape index (κ2) is 6.21. The number of nitrogens with one attached hydrogen (secondary N) is 1. The number of halogens is 1. The van der Waals surface area contributed by atoms with Crippen molar-refractivity contribution >= 4 is 23.3 Å². The first-order valence-electron chi connectivity index (χ1n) is 6.37. The average molecular weight is 285 g/mol. The number of aliphatic hydroxyl groups excluding tert-OH is 1. The Kier molecular flexibility index (Phi) is 4.61. The van der Waals surface area contributed by atoms with Gasteiger partial charge in [0.25, 0.3) is 0 Å². The second-order valence-electron chi connectivity index (χ2n) is 4.58. The fourth-order valence-electron chi connectivity index (χ4n) is 2.23. The summed E-state index contributed by atoms with van der Waals surface area (Å²) in [5.74, 6) is -0.423. The van der Waals surface area contributed by atoms with Crippen molar-refractivity contribution in [3.8, 4) is 0 Å². The zero-order chi connectivity index (χ0) is 13.8. The lowest BCUT2D eigenvalue weighted by Gasteiger charge is -2.16. The molecule has 0 radical (unpaired) electrons. The SMILES string of the molecule is CCOC(=O)c1cnc(Cl)cc1N[C@H]1CCC(O)C1. The van der Waals surface area contributed by atoms with E-state index in [0.29, 0.717) is 29.4 Å². The molecule has 1 saturated carbocycles. The molecular formula is C13H17ClN2O3. The number of hydrogen-bond acceptors (Lipinski definition) is 5. The number of esters is 1. The van der Waals surface area contributed by atoms with Crippen molar-refractivity contribution in [3.63, 3.8) is 0 Å². The highest BCUT2D eigenvalue weighted by molar-refractivity contribution is 6.29. The van der Waals surface area contributed by atoms with Gasteiger partial charge in [-0.3, -0.25) is 0 Å². The molecule has 5 nitrogen and oxygen atoms in total. The number of anilines is 1. The van der Waals surface area contributed by atoms with Crippen molar-refractivity contribution in [1.29, 1.82) is 0 Å². The monoisotopic (exact) mass is 284 g/mol. The summed E-state index contributed by atoms with van der Waals surface area (Å²) in [7, 11) is 0. The van der Waals surface area contributed by atoms with Crippen molar-refractivity contribution in [2.24, 2.45) is 0 Å². The Morgan fingerprint density at radius 3 is 3.05 bits per heavy atom. The fourth-order valence-corrected chi connectivity index (χ4v) is 2.39. The van der Waals surface area contributed by atoms with Gasteiger partial charge in [-0.15, -0.1) is 0 Å². The minimum atomic E-state index is -0.423.